The lowest BCUT2D eigenvalue weighted by molar-refractivity contribution is 0.175. The van der Waals surface area contributed by atoms with E-state index in [0.29, 0.717) is 0 Å². The first-order chi connectivity index (χ1) is 6.74. The summed E-state index contributed by atoms with van der Waals surface area (Å²) in [6.45, 7) is 4.20. The second-order valence-electron chi connectivity index (χ2n) is 3.41. The van der Waals surface area contributed by atoms with Crippen molar-refractivity contribution in [2.24, 2.45) is 0 Å². The Hall–Kier alpha value is -0.470. The van der Waals surface area contributed by atoms with Gasteiger partial charge in [-0.15, -0.1) is 0 Å². The van der Waals surface area contributed by atoms with Crippen LogP contribution in [0.1, 0.15) is 30.6 Å². The van der Waals surface area contributed by atoms with Crippen LogP contribution in [0.5, 0.6) is 0 Å². The van der Waals surface area contributed by atoms with Crippen LogP contribution in [0.15, 0.2) is 24.3 Å². The van der Waals surface area contributed by atoms with E-state index in [1.54, 1.807) is 0 Å². The van der Waals surface area contributed by atoms with E-state index in [2.05, 4.69) is 13.8 Å². The molecular formula is C12H18OS. The minimum absolute atomic E-state index is 0.297. The summed E-state index contributed by atoms with van der Waals surface area (Å²) in [5, 5.41) is 9.82. The molecule has 1 aromatic rings. The second-order valence-corrected chi connectivity index (χ2v) is 4.81. The molecule has 1 unspecified atom stereocenters. The smallest absolute Gasteiger partial charge is 0.0797 e. The Morgan fingerprint density at radius 1 is 1.29 bits per heavy atom. The van der Waals surface area contributed by atoms with Crippen LogP contribution in [0.4, 0.5) is 0 Å². The second kappa shape index (κ2) is 6.10. The first-order valence-corrected chi connectivity index (χ1v) is 6.22. The lowest BCUT2D eigenvalue weighted by Gasteiger charge is -2.10. The highest BCUT2D eigenvalue weighted by Crippen LogP contribution is 2.19. The van der Waals surface area contributed by atoms with Crippen molar-refractivity contribution < 1.29 is 5.11 Å². The summed E-state index contributed by atoms with van der Waals surface area (Å²) in [6, 6.07) is 8.12. The fourth-order valence-electron chi connectivity index (χ4n) is 1.29. The molecule has 0 amide bonds. The fourth-order valence-corrected chi connectivity index (χ4v) is 1.97. The summed E-state index contributed by atoms with van der Waals surface area (Å²) in [5.41, 5.74) is 2.27. The molecule has 1 nitrogen and oxygen atoms in total. The van der Waals surface area contributed by atoms with E-state index < -0.39 is 0 Å². The Morgan fingerprint density at radius 3 is 2.50 bits per heavy atom. The number of hydrogen-bond donors (Lipinski definition) is 1. The predicted molar refractivity (Wildman–Crippen MR) is 63.8 cm³/mol. The molecule has 1 rings (SSSR count). The topological polar surface area (TPSA) is 20.2 Å². The molecule has 0 saturated carbocycles. The van der Waals surface area contributed by atoms with Gasteiger partial charge in [0.15, 0.2) is 0 Å². The Bertz CT molecular complexity index is 256. The van der Waals surface area contributed by atoms with Gasteiger partial charge in [0.1, 0.15) is 0 Å². The van der Waals surface area contributed by atoms with Crippen LogP contribution in [-0.2, 0) is 0 Å². The van der Waals surface area contributed by atoms with E-state index in [4.69, 9.17) is 0 Å². The van der Waals surface area contributed by atoms with Crippen molar-refractivity contribution in [1.29, 1.82) is 0 Å². The standard InChI is InChI=1S/C12H18OS/c1-3-14-9-8-12(13)11-6-4-10(2)5-7-11/h4-7,12-13H,3,8-9H2,1-2H3. The van der Waals surface area contributed by atoms with E-state index in [9.17, 15) is 5.11 Å². The molecule has 0 aliphatic carbocycles. The lowest BCUT2D eigenvalue weighted by atomic mass is 10.1. The molecule has 0 aromatic heterocycles. The zero-order chi connectivity index (χ0) is 10.4. The third-order valence-electron chi connectivity index (χ3n) is 2.20. The molecule has 1 aromatic carbocycles. The number of aliphatic hydroxyl groups excluding tert-OH is 1. The van der Waals surface area contributed by atoms with Crippen molar-refractivity contribution >= 4 is 11.8 Å². The average molecular weight is 210 g/mol. The maximum atomic E-state index is 9.82. The third-order valence-corrected chi connectivity index (χ3v) is 3.13. The highest BCUT2D eigenvalue weighted by Gasteiger charge is 2.05. The van der Waals surface area contributed by atoms with Crippen LogP contribution in [0.25, 0.3) is 0 Å². The van der Waals surface area contributed by atoms with Crippen LogP contribution >= 0.6 is 11.8 Å². The first-order valence-electron chi connectivity index (χ1n) is 5.06. The molecule has 0 heterocycles. The van der Waals surface area contributed by atoms with Gasteiger partial charge in [-0.2, -0.15) is 11.8 Å². The SMILES string of the molecule is CCSCCC(O)c1ccc(C)cc1. The van der Waals surface area contributed by atoms with Gasteiger partial charge in [-0.05, 0) is 30.4 Å². The lowest BCUT2D eigenvalue weighted by Crippen LogP contribution is -1.98. The van der Waals surface area contributed by atoms with Crippen molar-refractivity contribution in [3.8, 4) is 0 Å². The molecule has 1 atom stereocenters. The van der Waals surface area contributed by atoms with E-state index >= 15 is 0 Å². The summed E-state index contributed by atoms with van der Waals surface area (Å²) < 4.78 is 0. The van der Waals surface area contributed by atoms with Crippen molar-refractivity contribution in [2.45, 2.75) is 26.4 Å². The Kier molecular flexibility index (Phi) is 5.05. The Balaban J connectivity index is 2.43. The van der Waals surface area contributed by atoms with Gasteiger partial charge in [0, 0.05) is 0 Å². The molecule has 0 radical (unpaired) electrons. The molecule has 0 aliphatic rings. The maximum absolute atomic E-state index is 9.82. The van der Waals surface area contributed by atoms with Gasteiger partial charge in [-0.25, -0.2) is 0 Å². The molecule has 0 aliphatic heterocycles. The first kappa shape index (κ1) is 11.6. The van der Waals surface area contributed by atoms with Crippen molar-refractivity contribution in [2.75, 3.05) is 11.5 Å². The number of hydrogen-bond acceptors (Lipinski definition) is 2. The number of aryl methyl sites for hydroxylation is 1. The van der Waals surface area contributed by atoms with Crippen LogP contribution in [0, 0.1) is 6.92 Å². The fraction of sp³-hybridized carbons (Fsp3) is 0.500. The summed E-state index contributed by atoms with van der Waals surface area (Å²) in [4.78, 5) is 0. The minimum Gasteiger partial charge on any atom is -0.388 e. The molecule has 0 spiro atoms. The van der Waals surface area contributed by atoms with Crippen molar-refractivity contribution in [3.05, 3.63) is 35.4 Å². The normalized spacial score (nSPS) is 12.8. The van der Waals surface area contributed by atoms with E-state index in [1.165, 1.54) is 5.56 Å². The molecule has 2 heteroatoms. The Morgan fingerprint density at radius 2 is 1.93 bits per heavy atom. The van der Waals surface area contributed by atoms with Gasteiger partial charge in [-0.1, -0.05) is 36.8 Å². The van der Waals surface area contributed by atoms with Gasteiger partial charge in [0.25, 0.3) is 0 Å². The summed E-state index contributed by atoms with van der Waals surface area (Å²) >= 11 is 1.87. The predicted octanol–water partition coefficient (Wildman–Crippen LogP) is 3.17. The number of aliphatic hydroxyl groups is 1. The van der Waals surface area contributed by atoms with Crippen LogP contribution in [0.3, 0.4) is 0 Å². The van der Waals surface area contributed by atoms with Gasteiger partial charge in [0.05, 0.1) is 6.10 Å². The monoisotopic (exact) mass is 210 g/mol. The van der Waals surface area contributed by atoms with Crippen molar-refractivity contribution in [1.82, 2.24) is 0 Å². The quantitative estimate of drug-likeness (QED) is 0.753. The van der Waals surface area contributed by atoms with Crippen LogP contribution in [0.2, 0.25) is 0 Å². The summed E-state index contributed by atoms with van der Waals surface area (Å²) in [7, 11) is 0. The van der Waals surface area contributed by atoms with Gasteiger partial charge in [-0.3, -0.25) is 0 Å². The highest BCUT2D eigenvalue weighted by molar-refractivity contribution is 7.99. The van der Waals surface area contributed by atoms with E-state index in [0.717, 1.165) is 23.5 Å². The van der Waals surface area contributed by atoms with Gasteiger partial charge in [0.2, 0.25) is 0 Å². The summed E-state index contributed by atoms with van der Waals surface area (Å²) in [5.74, 6) is 2.16. The molecule has 14 heavy (non-hydrogen) atoms. The molecule has 0 fully saturated rings. The van der Waals surface area contributed by atoms with Gasteiger partial charge >= 0.3 is 0 Å². The number of rotatable bonds is 5. The zero-order valence-electron chi connectivity index (χ0n) is 8.86. The summed E-state index contributed by atoms with van der Waals surface area (Å²) in [6.07, 6.45) is 0.552. The largest absolute Gasteiger partial charge is 0.388 e. The van der Waals surface area contributed by atoms with E-state index in [-0.39, 0.29) is 6.10 Å². The Labute approximate surface area is 90.5 Å². The van der Waals surface area contributed by atoms with Crippen LogP contribution in [-0.4, -0.2) is 16.6 Å². The molecule has 1 N–H and O–H groups in total. The van der Waals surface area contributed by atoms with E-state index in [1.807, 2.05) is 36.0 Å². The zero-order valence-corrected chi connectivity index (χ0v) is 9.68. The van der Waals surface area contributed by atoms with Crippen LogP contribution < -0.4 is 0 Å². The minimum atomic E-state index is -0.297. The van der Waals surface area contributed by atoms with Gasteiger partial charge < -0.3 is 5.11 Å². The average Bonchev–Trinajstić information content (AvgIpc) is 2.19. The highest BCUT2D eigenvalue weighted by atomic mass is 32.2. The number of benzene rings is 1. The molecule has 78 valence electrons. The molecule has 0 saturated heterocycles. The maximum Gasteiger partial charge on any atom is 0.0797 e. The molecular weight excluding hydrogens is 192 g/mol. The number of thioether (sulfide) groups is 1. The van der Waals surface area contributed by atoms with Crippen molar-refractivity contribution in [3.63, 3.8) is 0 Å². The third kappa shape index (κ3) is 3.72. The molecule has 0 bridgehead atoms.